The number of benzene rings is 1. The van der Waals surface area contributed by atoms with Gasteiger partial charge in [-0.3, -0.25) is 0 Å². The highest BCUT2D eigenvalue weighted by molar-refractivity contribution is 6.06. The second kappa shape index (κ2) is 6.08. The summed E-state index contributed by atoms with van der Waals surface area (Å²) in [6.07, 6.45) is 1.36. The maximum atomic E-state index is 12.4. The van der Waals surface area contributed by atoms with Gasteiger partial charge in [-0.15, -0.1) is 0 Å². The highest BCUT2D eigenvalue weighted by Gasteiger charge is 2.55. The number of esters is 1. The van der Waals surface area contributed by atoms with Gasteiger partial charge in [-0.25, -0.2) is 4.79 Å². The second-order valence-electron chi connectivity index (χ2n) is 6.47. The molecule has 22 heavy (non-hydrogen) atoms. The van der Waals surface area contributed by atoms with Crippen LogP contribution in [0.25, 0.3) is 0 Å². The number of rotatable bonds is 4. The van der Waals surface area contributed by atoms with Crippen molar-refractivity contribution >= 4 is 11.7 Å². The van der Waals surface area contributed by atoms with Gasteiger partial charge >= 0.3 is 11.8 Å². The molecular formula is C17H23NO4. The molecule has 0 fully saturated rings. The minimum absolute atomic E-state index is 0.547. The third kappa shape index (κ3) is 3.30. The van der Waals surface area contributed by atoms with Crippen molar-refractivity contribution in [2.75, 3.05) is 0 Å². The first kappa shape index (κ1) is 16.5. The lowest BCUT2D eigenvalue weighted by Gasteiger charge is -2.29. The molecule has 0 saturated heterocycles. The fourth-order valence-corrected chi connectivity index (χ4v) is 2.45. The molecule has 0 aliphatic carbocycles. The number of carbonyl (C=O) groups is 1. The largest absolute Gasteiger partial charge is 0.455 e. The molecule has 0 amide bonds. The SMILES string of the molecule is CCC[C@H]1C(c2ccccc2)=NO[C@]1(O)C(=O)OC(C)(C)C. The second-order valence-corrected chi connectivity index (χ2v) is 6.47. The molecule has 0 unspecified atom stereocenters. The molecule has 1 heterocycles. The van der Waals surface area contributed by atoms with E-state index in [0.717, 1.165) is 12.0 Å². The third-order valence-electron chi connectivity index (χ3n) is 3.42. The van der Waals surface area contributed by atoms with Crippen LogP contribution in [0.1, 0.15) is 46.1 Å². The monoisotopic (exact) mass is 305 g/mol. The zero-order chi connectivity index (χ0) is 16.4. The van der Waals surface area contributed by atoms with Crippen molar-refractivity contribution in [1.29, 1.82) is 0 Å². The van der Waals surface area contributed by atoms with Gasteiger partial charge in [0.25, 0.3) is 0 Å². The van der Waals surface area contributed by atoms with E-state index in [4.69, 9.17) is 9.57 Å². The molecule has 0 aromatic heterocycles. The minimum Gasteiger partial charge on any atom is -0.455 e. The zero-order valence-corrected chi connectivity index (χ0v) is 13.5. The first-order chi connectivity index (χ1) is 10.3. The van der Waals surface area contributed by atoms with Gasteiger partial charge in [0.05, 0.1) is 11.6 Å². The number of hydrogen-bond donors (Lipinski definition) is 1. The molecule has 1 aromatic carbocycles. The van der Waals surface area contributed by atoms with Crippen LogP contribution < -0.4 is 0 Å². The molecule has 1 N–H and O–H groups in total. The van der Waals surface area contributed by atoms with E-state index >= 15 is 0 Å². The van der Waals surface area contributed by atoms with Gasteiger partial charge in [-0.2, -0.15) is 0 Å². The van der Waals surface area contributed by atoms with Gasteiger partial charge in [0, 0.05) is 0 Å². The van der Waals surface area contributed by atoms with E-state index in [-0.39, 0.29) is 0 Å². The van der Waals surface area contributed by atoms with Crippen LogP contribution in [0.3, 0.4) is 0 Å². The van der Waals surface area contributed by atoms with Crippen molar-refractivity contribution in [2.24, 2.45) is 11.1 Å². The van der Waals surface area contributed by atoms with Crippen LogP contribution in [0.15, 0.2) is 35.5 Å². The van der Waals surface area contributed by atoms with Crippen LogP contribution in [-0.4, -0.2) is 28.2 Å². The molecule has 1 aromatic rings. The van der Waals surface area contributed by atoms with Crippen LogP contribution in [0.5, 0.6) is 0 Å². The summed E-state index contributed by atoms with van der Waals surface area (Å²) in [6, 6.07) is 9.42. The summed E-state index contributed by atoms with van der Waals surface area (Å²) in [6.45, 7) is 7.22. The molecule has 0 saturated carbocycles. The van der Waals surface area contributed by atoms with Crippen LogP contribution in [0.2, 0.25) is 0 Å². The third-order valence-corrected chi connectivity index (χ3v) is 3.42. The lowest BCUT2D eigenvalue weighted by Crippen LogP contribution is -2.49. The Labute approximate surface area is 130 Å². The first-order valence-corrected chi connectivity index (χ1v) is 7.55. The lowest BCUT2D eigenvalue weighted by molar-refractivity contribution is -0.239. The molecule has 1 aliphatic heterocycles. The fraction of sp³-hybridized carbons (Fsp3) is 0.529. The Kier molecular flexibility index (Phi) is 4.56. The Hall–Kier alpha value is -1.88. The summed E-state index contributed by atoms with van der Waals surface area (Å²) >= 11 is 0. The fourth-order valence-electron chi connectivity index (χ4n) is 2.45. The standard InChI is InChI=1S/C17H23NO4/c1-5-9-13-14(12-10-7-6-8-11-12)18-22-17(13,20)15(19)21-16(2,3)4/h6-8,10-11,13,20H,5,9H2,1-4H3/t13-,17-/m0/s1. The highest BCUT2D eigenvalue weighted by atomic mass is 16.8. The summed E-state index contributed by atoms with van der Waals surface area (Å²) in [5.41, 5.74) is 0.707. The quantitative estimate of drug-likeness (QED) is 0.869. The van der Waals surface area contributed by atoms with E-state index in [0.29, 0.717) is 12.1 Å². The maximum Gasteiger partial charge on any atom is 0.383 e. The number of oxime groups is 1. The molecule has 0 bridgehead atoms. The molecular weight excluding hydrogens is 282 g/mol. The number of hydrogen-bond acceptors (Lipinski definition) is 5. The molecule has 5 heteroatoms. The minimum atomic E-state index is -2.06. The van der Waals surface area contributed by atoms with Crippen molar-refractivity contribution in [1.82, 2.24) is 0 Å². The molecule has 120 valence electrons. The van der Waals surface area contributed by atoms with E-state index in [1.807, 2.05) is 37.3 Å². The highest BCUT2D eigenvalue weighted by Crippen LogP contribution is 2.36. The lowest BCUT2D eigenvalue weighted by atomic mass is 9.86. The van der Waals surface area contributed by atoms with Gasteiger partial charge in [-0.05, 0) is 32.8 Å². The van der Waals surface area contributed by atoms with Crippen LogP contribution in [-0.2, 0) is 14.4 Å². The molecule has 0 radical (unpaired) electrons. The van der Waals surface area contributed by atoms with Gasteiger partial charge in [0.2, 0.25) is 0 Å². The summed E-state index contributed by atoms with van der Waals surface area (Å²) in [4.78, 5) is 17.5. The van der Waals surface area contributed by atoms with E-state index in [1.54, 1.807) is 20.8 Å². The summed E-state index contributed by atoms with van der Waals surface area (Å²) < 4.78 is 5.30. The summed E-state index contributed by atoms with van der Waals surface area (Å²) in [5, 5.41) is 14.7. The van der Waals surface area contributed by atoms with Crippen LogP contribution >= 0.6 is 0 Å². The average molecular weight is 305 g/mol. The Bertz CT molecular complexity index is 562. The van der Waals surface area contributed by atoms with Crippen molar-refractivity contribution in [2.45, 2.75) is 51.9 Å². The van der Waals surface area contributed by atoms with Crippen molar-refractivity contribution in [3.05, 3.63) is 35.9 Å². The predicted octanol–water partition coefficient (Wildman–Crippen LogP) is 2.87. The summed E-state index contributed by atoms with van der Waals surface area (Å²) in [7, 11) is 0. The Morgan fingerprint density at radius 3 is 2.55 bits per heavy atom. The van der Waals surface area contributed by atoms with Gasteiger partial charge in [0.15, 0.2) is 0 Å². The molecule has 2 atom stereocenters. The number of aliphatic hydroxyl groups is 1. The maximum absolute atomic E-state index is 12.4. The van der Waals surface area contributed by atoms with Crippen LogP contribution in [0.4, 0.5) is 0 Å². The average Bonchev–Trinajstić information content (AvgIpc) is 2.78. The predicted molar refractivity (Wildman–Crippen MR) is 83.3 cm³/mol. The van der Waals surface area contributed by atoms with E-state index in [2.05, 4.69) is 5.16 Å². The topological polar surface area (TPSA) is 68.1 Å². The van der Waals surface area contributed by atoms with E-state index < -0.39 is 23.3 Å². The van der Waals surface area contributed by atoms with Gasteiger partial charge < -0.3 is 14.7 Å². The number of ether oxygens (including phenoxy) is 1. The number of carbonyl (C=O) groups excluding carboxylic acids is 1. The number of nitrogens with zero attached hydrogens (tertiary/aromatic N) is 1. The first-order valence-electron chi connectivity index (χ1n) is 7.55. The van der Waals surface area contributed by atoms with Crippen molar-refractivity contribution in [3.63, 3.8) is 0 Å². The zero-order valence-electron chi connectivity index (χ0n) is 13.5. The Morgan fingerprint density at radius 1 is 1.36 bits per heavy atom. The molecule has 1 aliphatic rings. The van der Waals surface area contributed by atoms with Crippen molar-refractivity contribution < 1.29 is 19.5 Å². The summed E-state index contributed by atoms with van der Waals surface area (Å²) in [5.74, 6) is -3.41. The van der Waals surface area contributed by atoms with Crippen LogP contribution in [0, 0.1) is 5.92 Å². The Morgan fingerprint density at radius 2 is 2.00 bits per heavy atom. The smallest absolute Gasteiger partial charge is 0.383 e. The van der Waals surface area contributed by atoms with E-state index in [9.17, 15) is 9.90 Å². The Balaban J connectivity index is 2.29. The molecule has 2 rings (SSSR count). The van der Waals surface area contributed by atoms with E-state index in [1.165, 1.54) is 0 Å². The molecule has 5 nitrogen and oxygen atoms in total. The van der Waals surface area contributed by atoms with Crippen molar-refractivity contribution in [3.8, 4) is 0 Å². The van der Waals surface area contributed by atoms with Gasteiger partial charge in [-0.1, -0.05) is 48.8 Å². The normalized spacial score (nSPS) is 24.6. The van der Waals surface area contributed by atoms with Gasteiger partial charge in [0.1, 0.15) is 5.60 Å². The molecule has 0 spiro atoms.